The fourth-order valence-corrected chi connectivity index (χ4v) is 1.63. The summed E-state index contributed by atoms with van der Waals surface area (Å²) in [5, 5.41) is 3.39. The predicted octanol–water partition coefficient (Wildman–Crippen LogP) is 3.36. The van der Waals surface area contributed by atoms with E-state index in [9.17, 15) is 4.79 Å². The molecule has 1 N–H and O–H groups in total. The molecule has 1 aromatic rings. The molecule has 0 atom stereocenters. The van der Waals surface area contributed by atoms with Crippen LogP contribution in [0.3, 0.4) is 0 Å². The Labute approximate surface area is 110 Å². The Kier molecular flexibility index (Phi) is 5.35. The van der Waals surface area contributed by atoms with Crippen molar-refractivity contribution >= 4 is 11.5 Å². The Bertz CT molecular complexity index is 382. The van der Waals surface area contributed by atoms with Crippen LogP contribution in [0.15, 0.2) is 24.3 Å². The van der Waals surface area contributed by atoms with E-state index < -0.39 is 0 Å². The fourth-order valence-electron chi connectivity index (χ4n) is 1.63. The number of carbonyl (C=O) groups excluding carboxylic acids is 1. The molecule has 0 heterocycles. The third-order valence-corrected chi connectivity index (χ3v) is 3.05. The number of hydrogen-bond donors (Lipinski definition) is 1. The molecule has 0 fully saturated rings. The number of Topliss-reactive ketones (excluding diaryl/α,β-unsaturated/α-hetero) is 1. The van der Waals surface area contributed by atoms with E-state index in [1.165, 1.54) is 0 Å². The van der Waals surface area contributed by atoms with Crippen molar-refractivity contribution in [2.75, 3.05) is 25.6 Å². The van der Waals surface area contributed by atoms with Gasteiger partial charge in [0.05, 0.1) is 0 Å². The van der Waals surface area contributed by atoms with E-state index in [1.54, 1.807) is 14.0 Å². The van der Waals surface area contributed by atoms with Crippen LogP contribution < -0.4 is 5.32 Å². The number of rotatable bonds is 7. The molecule has 0 aliphatic carbocycles. The largest absolute Gasteiger partial charge is 0.385 e. The van der Waals surface area contributed by atoms with Crippen LogP contribution in [0.25, 0.3) is 0 Å². The SMILES string of the molecule is COCCC(C)(C)CNc1ccc(C(C)=O)cc1. The lowest BCUT2D eigenvalue weighted by Crippen LogP contribution is -2.24. The molecule has 0 aliphatic rings. The molecular weight excluding hydrogens is 226 g/mol. The first-order valence-corrected chi connectivity index (χ1v) is 6.28. The normalized spacial score (nSPS) is 11.3. The van der Waals surface area contributed by atoms with Crippen LogP contribution in [-0.4, -0.2) is 26.0 Å². The van der Waals surface area contributed by atoms with Crippen LogP contribution >= 0.6 is 0 Å². The molecule has 0 bridgehead atoms. The zero-order valence-electron chi connectivity index (χ0n) is 11.7. The molecule has 18 heavy (non-hydrogen) atoms. The molecule has 0 saturated carbocycles. The Hall–Kier alpha value is -1.35. The van der Waals surface area contributed by atoms with Gasteiger partial charge in [0.2, 0.25) is 0 Å². The van der Waals surface area contributed by atoms with Crippen molar-refractivity contribution < 1.29 is 9.53 Å². The fraction of sp³-hybridized carbons (Fsp3) is 0.533. The third-order valence-electron chi connectivity index (χ3n) is 3.05. The smallest absolute Gasteiger partial charge is 0.159 e. The van der Waals surface area contributed by atoms with Gasteiger partial charge in [-0.05, 0) is 43.0 Å². The summed E-state index contributed by atoms with van der Waals surface area (Å²) in [5.41, 5.74) is 1.99. The molecule has 0 aromatic heterocycles. The minimum atomic E-state index is 0.0991. The highest BCUT2D eigenvalue weighted by atomic mass is 16.5. The van der Waals surface area contributed by atoms with Gasteiger partial charge in [0.1, 0.15) is 0 Å². The van der Waals surface area contributed by atoms with Crippen LogP contribution in [0.4, 0.5) is 5.69 Å². The van der Waals surface area contributed by atoms with Crippen molar-refractivity contribution in [3.8, 4) is 0 Å². The molecule has 0 radical (unpaired) electrons. The van der Waals surface area contributed by atoms with E-state index in [0.29, 0.717) is 0 Å². The van der Waals surface area contributed by atoms with E-state index in [2.05, 4.69) is 19.2 Å². The second kappa shape index (κ2) is 6.55. The Balaban J connectivity index is 2.50. The number of ketones is 1. The molecule has 3 heteroatoms. The van der Waals surface area contributed by atoms with E-state index in [1.807, 2.05) is 24.3 Å². The number of hydrogen-bond acceptors (Lipinski definition) is 3. The van der Waals surface area contributed by atoms with Crippen molar-refractivity contribution in [1.82, 2.24) is 0 Å². The number of nitrogens with one attached hydrogen (secondary N) is 1. The maximum atomic E-state index is 11.2. The van der Waals surface area contributed by atoms with E-state index >= 15 is 0 Å². The molecule has 0 aliphatic heterocycles. The molecule has 0 amide bonds. The topological polar surface area (TPSA) is 38.3 Å². The maximum Gasteiger partial charge on any atom is 0.159 e. The molecule has 1 aromatic carbocycles. The second-order valence-corrected chi connectivity index (χ2v) is 5.39. The quantitative estimate of drug-likeness (QED) is 0.753. The summed E-state index contributed by atoms with van der Waals surface area (Å²) in [6.45, 7) is 7.66. The lowest BCUT2D eigenvalue weighted by atomic mass is 9.89. The number of methoxy groups -OCH3 is 1. The summed E-state index contributed by atoms with van der Waals surface area (Å²) in [5.74, 6) is 0.0991. The van der Waals surface area contributed by atoms with Crippen LogP contribution in [0.1, 0.15) is 37.6 Å². The summed E-state index contributed by atoms with van der Waals surface area (Å²) < 4.78 is 5.11. The third kappa shape index (κ3) is 4.88. The summed E-state index contributed by atoms with van der Waals surface area (Å²) in [4.78, 5) is 11.2. The molecule has 100 valence electrons. The first kappa shape index (κ1) is 14.7. The van der Waals surface area contributed by atoms with Gasteiger partial charge in [-0.15, -0.1) is 0 Å². The highest BCUT2D eigenvalue weighted by Crippen LogP contribution is 2.21. The molecule has 3 nitrogen and oxygen atoms in total. The molecule has 0 unspecified atom stereocenters. The molecule has 1 rings (SSSR count). The zero-order valence-corrected chi connectivity index (χ0v) is 11.7. The van der Waals surface area contributed by atoms with E-state index in [-0.39, 0.29) is 11.2 Å². The number of benzene rings is 1. The van der Waals surface area contributed by atoms with Crippen molar-refractivity contribution in [2.24, 2.45) is 5.41 Å². The van der Waals surface area contributed by atoms with Crippen molar-refractivity contribution in [1.29, 1.82) is 0 Å². The Morgan fingerprint density at radius 1 is 1.28 bits per heavy atom. The van der Waals surface area contributed by atoms with Crippen LogP contribution in [-0.2, 0) is 4.74 Å². The Morgan fingerprint density at radius 2 is 1.89 bits per heavy atom. The predicted molar refractivity (Wildman–Crippen MR) is 75.2 cm³/mol. The van der Waals surface area contributed by atoms with Gasteiger partial charge in [0, 0.05) is 31.5 Å². The second-order valence-electron chi connectivity index (χ2n) is 5.39. The molecular formula is C15H23NO2. The number of ether oxygens (including phenoxy) is 1. The highest BCUT2D eigenvalue weighted by Gasteiger charge is 2.17. The van der Waals surface area contributed by atoms with Crippen LogP contribution in [0.2, 0.25) is 0 Å². The molecule has 0 saturated heterocycles. The summed E-state index contributed by atoms with van der Waals surface area (Å²) in [7, 11) is 1.73. The first-order chi connectivity index (χ1) is 8.44. The highest BCUT2D eigenvalue weighted by molar-refractivity contribution is 5.94. The number of anilines is 1. The van der Waals surface area contributed by atoms with E-state index in [4.69, 9.17) is 4.74 Å². The van der Waals surface area contributed by atoms with Gasteiger partial charge >= 0.3 is 0 Å². The van der Waals surface area contributed by atoms with Gasteiger partial charge in [0.15, 0.2) is 5.78 Å². The van der Waals surface area contributed by atoms with Gasteiger partial charge in [0.25, 0.3) is 0 Å². The number of carbonyl (C=O) groups is 1. The lowest BCUT2D eigenvalue weighted by Gasteiger charge is -2.25. The average molecular weight is 249 g/mol. The maximum absolute atomic E-state index is 11.2. The zero-order chi connectivity index (χ0) is 13.6. The van der Waals surface area contributed by atoms with Gasteiger partial charge < -0.3 is 10.1 Å². The van der Waals surface area contributed by atoms with Crippen LogP contribution in [0.5, 0.6) is 0 Å². The average Bonchev–Trinajstić information content (AvgIpc) is 2.35. The van der Waals surface area contributed by atoms with Gasteiger partial charge in [-0.2, -0.15) is 0 Å². The van der Waals surface area contributed by atoms with Crippen molar-refractivity contribution in [3.63, 3.8) is 0 Å². The summed E-state index contributed by atoms with van der Waals surface area (Å²) in [6.07, 6.45) is 1.02. The molecule has 0 spiro atoms. The van der Waals surface area contributed by atoms with Crippen LogP contribution in [0, 0.1) is 5.41 Å². The van der Waals surface area contributed by atoms with E-state index in [0.717, 1.165) is 30.8 Å². The minimum Gasteiger partial charge on any atom is -0.385 e. The van der Waals surface area contributed by atoms with Gasteiger partial charge in [-0.3, -0.25) is 4.79 Å². The van der Waals surface area contributed by atoms with Gasteiger partial charge in [-0.25, -0.2) is 0 Å². The Morgan fingerprint density at radius 3 is 2.39 bits per heavy atom. The lowest BCUT2D eigenvalue weighted by molar-refractivity contribution is 0.101. The standard InChI is InChI=1S/C15H23NO2/c1-12(17)13-5-7-14(8-6-13)16-11-15(2,3)9-10-18-4/h5-8,16H,9-11H2,1-4H3. The van der Waals surface area contributed by atoms with Gasteiger partial charge in [-0.1, -0.05) is 13.8 Å². The van der Waals surface area contributed by atoms with Crippen molar-refractivity contribution in [3.05, 3.63) is 29.8 Å². The first-order valence-electron chi connectivity index (χ1n) is 6.28. The summed E-state index contributed by atoms with van der Waals surface area (Å²) in [6, 6.07) is 7.60. The minimum absolute atomic E-state index is 0.0991. The monoisotopic (exact) mass is 249 g/mol. The van der Waals surface area contributed by atoms with Crippen molar-refractivity contribution in [2.45, 2.75) is 27.2 Å². The summed E-state index contributed by atoms with van der Waals surface area (Å²) >= 11 is 0.